The Morgan fingerprint density at radius 2 is 1.90 bits per heavy atom. The third-order valence-corrected chi connectivity index (χ3v) is 6.89. The van der Waals surface area contributed by atoms with E-state index in [0.29, 0.717) is 6.42 Å². The summed E-state index contributed by atoms with van der Waals surface area (Å²) < 4.78 is 30.2. The molecule has 31 heavy (non-hydrogen) atoms. The highest BCUT2D eigenvalue weighted by molar-refractivity contribution is 5.71. The number of piperidine rings is 1. The molecule has 1 aromatic carbocycles. The third kappa shape index (κ3) is 5.33. The number of carbonyl (C=O) groups excluding carboxylic acids is 1. The topological polar surface area (TPSA) is 48.0 Å². The zero-order chi connectivity index (χ0) is 22.8. The summed E-state index contributed by atoms with van der Waals surface area (Å²) in [7, 11) is 3.31. The summed E-state index contributed by atoms with van der Waals surface area (Å²) >= 11 is 0. The lowest BCUT2D eigenvalue weighted by atomic mass is 9.73. The summed E-state index contributed by atoms with van der Waals surface area (Å²) in [5.41, 5.74) is 2.37. The Labute approximate surface area is 186 Å². The van der Waals surface area contributed by atoms with Crippen LogP contribution in [0.3, 0.4) is 0 Å². The molecule has 3 rings (SSSR count). The first-order valence-electron chi connectivity index (χ1n) is 11.4. The summed E-state index contributed by atoms with van der Waals surface area (Å²) in [5, 5.41) is 0. The van der Waals surface area contributed by atoms with Crippen LogP contribution in [-0.4, -0.2) is 51.0 Å². The lowest BCUT2D eigenvalue weighted by Gasteiger charge is -2.48. The molecule has 3 atom stereocenters. The minimum absolute atomic E-state index is 0.126. The number of benzene rings is 1. The predicted molar refractivity (Wildman–Crippen MR) is 119 cm³/mol. The molecular formula is C25H38FNO4. The van der Waals surface area contributed by atoms with Crippen LogP contribution < -0.4 is 9.47 Å². The minimum atomic E-state index is -0.322. The van der Waals surface area contributed by atoms with Gasteiger partial charge in [0.2, 0.25) is 0 Å². The van der Waals surface area contributed by atoms with Crippen molar-refractivity contribution < 1.29 is 23.4 Å². The fraction of sp³-hybridized carbons (Fsp3) is 0.720. The van der Waals surface area contributed by atoms with Crippen molar-refractivity contribution in [1.29, 1.82) is 0 Å². The molecule has 2 aliphatic heterocycles. The molecule has 0 unspecified atom stereocenters. The quantitative estimate of drug-likeness (QED) is 0.540. The van der Waals surface area contributed by atoms with Gasteiger partial charge in [-0.2, -0.15) is 0 Å². The van der Waals surface area contributed by atoms with Gasteiger partial charge in [-0.05, 0) is 47.9 Å². The molecule has 1 saturated heterocycles. The van der Waals surface area contributed by atoms with Crippen LogP contribution in [0, 0.1) is 17.3 Å². The number of alkyl halides is 1. The van der Waals surface area contributed by atoms with Gasteiger partial charge in [0.15, 0.2) is 11.5 Å². The molecule has 0 saturated carbocycles. The molecule has 174 valence electrons. The maximum Gasteiger partial charge on any atom is 0.308 e. The molecule has 0 aliphatic carbocycles. The van der Waals surface area contributed by atoms with Crippen molar-refractivity contribution in [2.75, 3.05) is 34.0 Å². The zero-order valence-electron chi connectivity index (χ0n) is 19.9. The Balaban J connectivity index is 1.90. The summed E-state index contributed by atoms with van der Waals surface area (Å²) in [4.78, 5) is 15.0. The van der Waals surface area contributed by atoms with Crippen molar-refractivity contribution in [2.45, 2.75) is 65.5 Å². The van der Waals surface area contributed by atoms with E-state index in [1.165, 1.54) is 11.1 Å². The number of methoxy groups -OCH3 is 2. The van der Waals surface area contributed by atoms with E-state index < -0.39 is 0 Å². The average Bonchev–Trinajstić information content (AvgIpc) is 2.72. The SMILES string of the molecule is COc1cc2c(cc1OC)[C@H]1C[C@@H](OC(=O)C(C)C)[C@H](CC(C)(C)CCF)CN1CC2. The van der Waals surface area contributed by atoms with Crippen LogP contribution in [0.25, 0.3) is 0 Å². The number of ether oxygens (including phenoxy) is 3. The van der Waals surface area contributed by atoms with E-state index in [1.807, 2.05) is 13.8 Å². The third-order valence-electron chi connectivity index (χ3n) is 6.89. The fourth-order valence-corrected chi connectivity index (χ4v) is 5.10. The van der Waals surface area contributed by atoms with Gasteiger partial charge in [0.1, 0.15) is 6.10 Å². The van der Waals surface area contributed by atoms with Crippen LogP contribution >= 0.6 is 0 Å². The van der Waals surface area contributed by atoms with Crippen LogP contribution in [-0.2, 0) is 16.0 Å². The van der Waals surface area contributed by atoms with Gasteiger partial charge in [-0.1, -0.05) is 27.7 Å². The number of carbonyl (C=O) groups is 1. The average molecular weight is 436 g/mol. The molecule has 1 fully saturated rings. The number of nitrogens with zero attached hydrogens (tertiary/aromatic N) is 1. The van der Waals surface area contributed by atoms with Crippen molar-refractivity contribution in [1.82, 2.24) is 4.90 Å². The van der Waals surface area contributed by atoms with Crippen molar-refractivity contribution >= 4 is 5.97 Å². The van der Waals surface area contributed by atoms with Crippen molar-refractivity contribution in [3.05, 3.63) is 23.3 Å². The zero-order valence-corrected chi connectivity index (χ0v) is 19.9. The molecule has 5 nitrogen and oxygen atoms in total. The Kier molecular flexibility index (Phi) is 7.51. The van der Waals surface area contributed by atoms with E-state index >= 15 is 0 Å². The molecule has 2 heterocycles. The smallest absolute Gasteiger partial charge is 0.308 e. The summed E-state index contributed by atoms with van der Waals surface area (Å²) in [6.45, 7) is 9.45. The Hall–Kier alpha value is -1.82. The highest BCUT2D eigenvalue weighted by Crippen LogP contribution is 2.45. The van der Waals surface area contributed by atoms with Gasteiger partial charge in [-0.25, -0.2) is 0 Å². The van der Waals surface area contributed by atoms with E-state index in [2.05, 4.69) is 30.9 Å². The predicted octanol–water partition coefficient (Wildman–Crippen LogP) is 4.97. The fourth-order valence-electron chi connectivity index (χ4n) is 5.10. The van der Waals surface area contributed by atoms with E-state index in [1.54, 1.807) is 14.2 Å². The van der Waals surface area contributed by atoms with Crippen LogP contribution in [0.1, 0.15) is 64.1 Å². The largest absolute Gasteiger partial charge is 0.493 e. The summed E-state index contributed by atoms with van der Waals surface area (Å²) in [5.74, 6) is 1.35. The van der Waals surface area contributed by atoms with Gasteiger partial charge in [0.05, 0.1) is 26.8 Å². The van der Waals surface area contributed by atoms with E-state index in [-0.39, 0.29) is 42.0 Å². The van der Waals surface area contributed by atoms with E-state index in [4.69, 9.17) is 14.2 Å². The van der Waals surface area contributed by atoms with Gasteiger partial charge >= 0.3 is 5.97 Å². The molecule has 0 spiro atoms. The number of rotatable bonds is 8. The normalized spacial score (nSPS) is 23.8. The lowest BCUT2D eigenvalue weighted by Crippen LogP contribution is -2.50. The van der Waals surface area contributed by atoms with Crippen molar-refractivity contribution in [3.63, 3.8) is 0 Å². The molecule has 0 aromatic heterocycles. The molecule has 0 radical (unpaired) electrons. The Morgan fingerprint density at radius 3 is 2.52 bits per heavy atom. The highest BCUT2D eigenvalue weighted by Gasteiger charge is 2.43. The maximum atomic E-state index is 13.1. The van der Waals surface area contributed by atoms with Gasteiger partial charge < -0.3 is 14.2 Å². The molecule has 2 aliphatic rings. The Bertz CT molecular complexity index is 779. The second-order valence-corrected chi connectivity index (χ2v) is 10.1. The first-order valence-corrected chi connectivity index (χ1v) is 11.4. The van der Waals surface area contributed by atoms with Crippen LogP contribution in [0.2, 0.25) is 0 Å². The summed E-state index contributed by atoms with van der Waals surface area (Å²) in [6, 6.07) is 4.34. The van der Waals surface area contributed by atoms with Gasteiger partial charge in [-0.15, -0.1) is 0 Å². The van der Waals surface area contributed by atoms with Crippen LogP contribution in [0.4, 0.5) is 4.39 Å². The first-order chi connectivity index (χ1) is 14.7. The standard InChI is InChI=1S/C25H38FNO4/c1-16(2)24(28)31-21-13-20-19-12-23(30-6)22(29-5)11-17(19)7-10-27(20)15-18(21)14-25(3,4)8-9-26/h11-12,16,18,20-21H,7-10,13-15H2,1-6H3/t18-,20-,21-/m1/s1. The number of halogens is 1. The van der Waals surface area contributed by atoms with E-state index in [9.17, 15) is 9.18 Å². The van der Waals surface area contributed by atoms with Crippen molar-refractivity contribution in [3.8, 4) is 11.5 Å². The second-order valence-electron chi connectivity index (χ2n) is 10.1. The summed E-state index contributed by atoms with van der Waals surface area (Å²) in [6.07, 6.45) is 2.89. The molecule has 6 heteroatoms. The monoisotopic (exact) mass is 435 g/mol. The molecule has 0 amide bonds. The second kappa shape index (κ2) is 9.76. The molecule has 0 bridgehead atoms. The number of hydrogen-bond acceptors (Lipinski definition) is 5. The lowest BCUT2D eigenvalue weighted by molar-refractivity contribution is -0.162. The number of esters is 1. The van der Waals surface area contributed by atoms with E-state index in [0.717, 1.165) is 43.9 Å². The number of hydrogen-bond donors (Lipinski definition) is 0. The van der Waals surface area contributed by atoms with Gasteiger partial charge in [0, 0.05) is 31.5 Å². The minimum Gasteiger partial charge on any atom is -0.493 e. The Morgan fingerprint density at radius 1 is 1.23 bits per heavy atom. The first kappa shape index (κ1) is 23.8. The van der Waals surface area contributed by atoms with Crippen LogP contribution in [0.15, 0.2) is 12.1 Å². The molecular weight excluding hydrogens is 397 g/mol. The van der Waals surface area contributed by atoms with Gasteiger partial charge in [0.25, 0.3) is 0 Å². The van der Waals surface area contributed by atoms with Crippen LogP contribution in [0.5, 0.6) is 11.5 Å². The van der Waals surface area contributed by atoms with Crippen molar-refractivity contribution in [2.24, 2.45) is 17.3 Å². The molecule has 1 aromatic rings. The maximum absolute atomic E-state index is 13.1. The highest BCUT2D eigenvalue weighted by atomic mass is 19.1. The molecule has 0 N–H and O–H groups in total. The van der Waals surface area contributed by atoms with Gasteiger partial charge in [-0.3, -0.25) is 14.1 Å². The number of fused-ring (bicyclic) bond motifs is 3.